The Labute approximate surface area is 85.7 Å². The molecular weight excluding hydrogens is 182 g/mol. The van der Waals surface area contributed by atoms with Gasteiger partial charge in [0.15, 0.2) is 0 Å². The molecule has 0 aliphatic carbocycles. The van der Waals surface area contributed by atoms with Gasteiger partial charge in [0.1, 0.15) is 0 Å². The predicted molar refractivity (Wildman–Crippen MR) is 61.9 cm³/mol. The SMILES string of the molecule is CCCC(C)SCC/C=N/N(C)N. The molecule has 0 bridgehead atoms. The van der Waals surface area contributed by atoms with Crippen molar-refractivity contribution >= 4 is 18.0 Å². The zero-order valence-corrected chi connectivity index (χ0v) is 9.68. The van der Waals surface area contributed by atoms with Crippen molar-refractivity contribution in [3.05, 3.63) is 0 Å². The molecule has 0 heterocycles. The third-order valence-electron chi connectivity index (χ3n) is 1.61. The standard InChI is InChI=1S/C9H21N3S/c1-4-6-9(2)13-8-5-7-11-12(3)10/h7,9H,4-6,8,10H2,1-3H3/b11-7+. The first-order valence-electron chi connectivity index (χ1n) is 4.79. The van der Waals surface area contributed by atoms with Crippen LogP contribution in [0.4, 0.5) is 0 Å². The van der Waals surface area contributed by atoms with Crippen molar-refractivity contribution in [1.29, 1.82) is 0 Å². The fourth-order valence-corrected chi connectivity index (χ4v) is 2.04. The molecule has 13 heavy (non-hydrogen) atoms. The second-order valence-corrected chi connectivity index (χ2v) is 4.68. The zero-order chi connectivity index (χ0) is 10.1. The summed E-state index contributed by atoms with van der Waals surface area (Å²) in [6.45, 7) is 4.50. The van der Waals surface area contributed by atoms with Crippen LogP contribution in [0.15, 0.2) is 5.10 Å². The molecule has 0 spiro atoms. The molecular formula is C9H21N3S. The number of thioether (sulfide) groups is 1. The van der Waals surface area contributed by atoms with Crippen LogP contribution in [0.2, 0.25) is 0 Å². The summed E-state index contributed by atoms with van der Waals surface area (Å²) in [7, 11) is 1.73. The monoisotopic (exact) mass is 203 g/mol. The second-order valence-electron chi connectivity index (χ2n) is 3.13. The molecule has 1 unspecified atom stereocenters. The molecule has 0 aromatic carbocycles. The summed E-state index contributed by atoms with van der Waals surface area (Å²) in [6.07, 6.45) is 5.44. The Bertz CT molecular complexity index is 137. The topological polar surface area (TPSA) is 41.6 Å². The predicted octanol–water partition coefficient (Wildman–Crippen LogP) is 2.09. The summed E-state index contributed by atoms with van der Waals surface area (Å²) in [6, 6.07) is 0. The van der Waals surface area contributed by atoms with Crippen molar-refractivity contribution in [2.75, 3.05) is 12.8 Å². The van der Waals surface area contributed by atoms with E-state index in [9.17, 15) is 0 Å². The Balaban J connectivity index is 3.24. The number of hydrazone groups is 1. The maximum atomic E-state index is 5.31. The van der Waals surface area contributed by atoms with Crippen LogP contribution < -0.4 is 5.84 Å². The molecule has 3 nitrogen and oxygen atoms in total. The lowest BCUT2D eigenvalue weighted by Gasteiger charge is -2.07. The number of hydrogen-bond acceptors (Lipinski definition) is 4. The van der Waals surface area contributed by atoms with Crippen LogP contribution in [-0.4, -0.2) is 29.4 Å². The van der Waals surface area contributed by atoms with Crippen molar-refractivity contribution in [1.82, 2.24) is 5.12 Å². The van der Waals surface area contributed by atoms with Crippen LogP contribution in [0, 0.1) is 0 Å². The normalized spacial score (nSPS) is 13.5. The molecule has 1 atom stereocenters. The molecule has 0 aromatic heterocycles. The number of nitrogens with two attached hydrogens (primary N) is 1. The van der Waals surface area contributed by atoms with E-state index in [2.05, 4.69) is 18.9 Å². The fourth-order valence-electron chi connectivity index (χ4n) is 0.998. The first-order chi connectivity index (χ1) is 6.16. The van der Waals surface area contributed by atoms with E-state index in [0.717, 1.165) is 17.4 Å². The smallest absolute Gasteiger partial charge is 0.0419 e. The summed E-state index contributed by atoms with van der Waals surface area (Å²) in [5, 5.41) is 6.05. The van der Waals surface area contributed by atoms with Crippen molar-refractivity contribution in [2.45, 2.75) is 38.4 Å². The molecule has 0 saturated carbocycles. The molecule has 0 aliphatic rings. The van der Waals surface area contributed by atoms with Crippen molar-refractivity contribution in [3.8, 4) is 0 Å². The number of rotatable bonds is 7. The summed E-state index contributed by atoms with van der Waals surface area (Å²) in [5.74, 6) is 6.45. The number of hydrogen-bond donors (Lipinski definition) is 1. The van der Waals surface area contributed by atoms with Gasteiger partial charge in [0.25, 0.3) is 0 Å². The molecule has 0 amide bonds. The van der Waals surface area contributed by atoms with Crippen molar-refractivity contribution < 1.29 is 0 Å². The number of hydrazine groups is 1. The first-order valence-corrected chi connectivity index (χ1v) is 5.84. The highest BCUT2D eigenvalue weighted by Gasteiger charge is 1.98. The van der Waals surface area contributed by atoms with Crippen LogP contribution in [0.3, 0.4) is 0 Å². The Morgan fingerprint density at radius 2 is 2.31 bits per heavy atom. The van der Waals surface area contributed by atoms with Crippen LogP contribution >= 0.6 is 11.8 Å². The molecule has 2 N–H and O–H groups in total. The molecule has 0 radical (unpaired) electrons. The van der Waals surface area contributed by atoms with Gasteiger partial charge >= 0.3 is 0 Å². The van der Waals surface area contributed by atoms with E-state index in [0.29, 0.717) is 0 Å². The highest BCUT2D eigenvalue weighted by molar-refractivity contribution is 7.99. The molecule has 4 heteroatoms. The lowest BCUT2D eigenvalue weighted by Crippen LogP contribution is -2.18. The van der Waals surface area contributed by atoms with Gasteiger partial charge in [-0.3, -0.25) is 0 Å². The first kappa shape index (κ1) is 12.8. The van der Waals surface area contributed by atoms with Crippen molar-refractivity contribution in [3.63, 3.8) is 0 Å². The van der Waals surface area contributed by atoms with Crippen LogP contribution in [0.25, 0.3) is 0 Å². The molecule has 0 saturated heterocycles. The maximum Gasteiger partial charge on any atom is 0.0419 e. The van der Waals surface area contributed by atoms with Gasteiger partial charge in [-0.05, 0) is 18.6 Å². The van der Waals surface area contributed by atoms with E-state index in [1.165, 1.54) is 18.0 Å². The molecule has 0 aliphatic heterocycles. The second kappa shape index (κ2) is 8.38. The largest absolute Gasteiger partial charge is 0.236 e. The summed E-state index contributed by atoms with van der Waals surface area (Å²) in [4.78, 5) is 0. The van der Waals surface area contributed by atoms with E-state index in [1.54, 1.807) is 7.05 Å². The average Bonchev–Trinajstić information content (AvgIpc) is 2.03. The summed E-state index contributed by atoms with van der Waals surface area (Å²) < 4.78 is 0. The third kappa shape index (κ3) is 9.70. The van der Waals surface area contributed by atoms with E-state index in [4.69, 9.17) is 5.84 Å². The average molecular weight is 203 g/mol. The molecule has 0 fully saturated rings. The Morgan fingerprint density at radius 3 is 2.85 bits per heavy atom. The highest BCUT2D eigenvalue weighted by atomic mass is 32.2. The minimum absolute atomic E-state index is 0.772. The van der Waals surface area contributed by atoms with Crippen molar-refractivity contribution in [2.24, 2.45) is 10.9 Å². The van der Waals surface area contributed by atoms with E-state index < -0.39 is 0 Å². The highest BCUT2D eigenvalue weighted by Crippen LogP contribution is 2.15. The van der Waals surface area contributed by atoms with Gasteiger partial charge < -0.3 is 0 Å². The van der Waals surface area contributed by atoms with Gasteiger partial charge in [-0.15, -0.1) is 0 Å². The Morgan fingerprint density at radius 1 is 1.62 bits per heavy atom. The number of nitrogens with zero attached hydrogens (tertiary/aromatic N) is 2. The van der Waals surface area contributed by atoms with Gasteiger partial charge in [-0.2, -0.15) is 16.9 Å². The lowest BCUT2D eigenvalue weighted by atomic mass is 10.3. The Kier molecular flexibility index (Phi) is 8.24. The van der Waals surface area contributed by atoms with Crippen LogP contribution in [0.1, 0.15) is 33.1 Å². The Hall–Kier alpha value is -0.220. The maximum absolute atomic E-state index is 5.31. The minimum Gasteiger partial charge on any atom is -0.236 e. The van der Waals surface area contributed by atoms with E-state index >= 15 is 0 Å². The van der Waals surface area contributed by atoms with Gasteiger partial charge in [0.2, 0.25) is 0 Å². The molecule has 0 rings (SSSR count). The summed E-state index contributed by atoms with van der Waals surface area (Å²) in [5.41, 5.74) is 0. The lowest BCUT2D eigenvalue weighted by molar-refractivity contribution is 0.373. The molecule has 0 aromatic rings. The molecule has 78 valence electrons. The zero-order valence-electron chi connectivity index (χ0n) is 8.86. The van der Waals surface area contributed by atoms with E-state index in [1.807, 2.05) is 18.0 Å². The van der Waals surface area contributed by atoms with E-state index in [-0.39, 0.29) is 0 Å². The fraction of sp³-hybridized carbons (Fsp3) is 0.889. The van der Waals surface area contributed by atoms with Gasteiger partial charge in [-0.25, -0.2) is 11.0 Å². The van der Waals surface area contributed by atoms with Gasteiger partial charge in [0, 0.05) is 18.5 Å². The van der Waals surface area contributed by atoms with Gasteiger partial charge in [0.05, 0.1) is 0 Å². The summed E-state index contributed by atoms with van der Waals surface area (Å²) >= 11 is 2.00. The van der Waals surface area contributed by atoms with Crippen LogP contribution in [-0.2, 0) is 0 Å². The van der Waals surface area contributed by atoms with Gasteiger partial charge in [-0.1, -0.05) is 20.3 Å². The third-order valence-corrected chi connectivity index (χ3v) is 2.88. The quantitative estimate of drug-likeness (QED) is 0.298. The van der Waals surface area contributed by atoms with Crippen LogP contribution in [0.5, 0.6) is 0 Å². The minimum atomic E-state index is 0.772.